The predicted molar refractivity (Wildman–Crippen MR) is 119 cm³/mol. The van der Waals surface area contributed by atoms with Gasteiger partial charge in [0.15, 0.2) is 11.5 Å². The molecule has 1 heterocycles. The summed E-state index contributed by atoms with van der Waals surface area (Å²) in [5.74, 6) is 0.687. The molecule has 0 radical (unpaired) electrons. The molecule has 3 rings (SSSR count). The Bertz CT molecular complexity index is 1040. The van der Waals surface area contributed by atoms with Crippen molar-refractivity contribution in [3.63, 3.8) is 0 Å². The van der Waals surface area contributed by atoms with Gasteiger partial charge in [-0.1, -0.05) is 40.5 Å². The standard InChI is InChI=1S/C23H21Cl2NO4/c1-4-6-16-9-15(10-19-14(3)26-30-23(19)27)11-21(28-5-2)22(16)29-13-17-7-8-18(24)12-20(17)25/h4,7-12H,1,5-6,13H2,2-3H3/b19-10-. The Labute approximate surface area is 185 Å². The van der Waals surface area contributed by atoms with Gasteiger partial charge in [0.1, 0.15) is 6.61 Å². The molecule has 0 bridgehead atoms. The number of allylic oxidation sites excluding steroid dienone is 1. The van der Waals surface area contributed by atoms with Gasteiger partial charge in [0.05, 0.1) is 17.9 Å². The van der Waals surface area contributed by atoms with Crippen molar-refractivity contribution in [3.05, 3.63) is 75.3 Å². The van der Waals surface area contributed by atoms with Gasteiger partial charge in [0.2, 0.25) is 0 Å². The highest BCUT2D eigenvalue weighted by Crippen LogP contribution is 2.36. The Morgan fingerprint density at radius 1 is 1.17 bits per heavy atom. The van der Waals surface area contributed by atoms with Crippen molar-refractivity contribution in [3.8, 4) is 11.5 Å². The topological polar surface area (TPSA) is 57.1 Å². The first-order valence-corrected chi connectivity index (χ1v) is 10.1. The zero-order valence-electron chi connectivity index (χ0n) is 16.7. The summed E-state index contributed by atoms with van der Waals surface area (Å²) >= 11 is 12.2. The Hall–Kier alpha value is -2.76. The number of benzene rings is 2. The lowest BCUT2D eigenvalue weighted by atomic mass is 10.0. The number of hydrogen-bond acceptors (Lipinski definition) is 5. The van der Waals surface area contributed by atoms with Gasteiger partial charge in [0, 0.05) is 21.2 Å². The van der Waals surface area contributed by atoms with E-state index in [0.717, 1.165) is 16.7 Å². The fraction of sp³-hybridized carbons (Fsp3) is 0.217. The van der Waals surface area contributed by atoms with Crippen LogP contribution in [0.4, 0.5) is 0 Å². The average molecular weight is 446 g/mol. The van der Waals surface area contributed by atoms with Crippen molar-refractivity contribution in [2.24, 2.45) is 5.16 Å². The summed E-state index contributed by atoms with van der Waals surface area (Å²) in [6.07, 6.45) is 4.06. The van der Waals surface area contributed by atoms with E-state index in [2.05, 4.69) is 11.7 Å². The van der Waals surface area contributed by atoms with Crippen molar-refractivity contribution < 1.29 is 19.1 Å². The van der Waals surface area contributed by atoms with Crippen LogP contribution in [0.2, 0.25) is 10.0 Å². The number of halogens is 2. The summed E-state index contributed by atoms with van der Waals surface area (Å²) in [4.78, 5) is 16.6. The van der Waals surface area contributed by atoms with Crippen molar-refractivity contribution in [2.45, 2.75) is 26.9 Å². The summed E-state index contributed by atoms with van der Waals surface area (Å²) in [5.41, 5.74) is 3.38. The van der Waals surface area contributed by atoms with Gasteiger partial charge in [-0.05, 0) is 56.2 Å². The van der Waals surface area contributed by atoms with E-state index in [1.54, 1.807) is 31.2 Å². The minimum atomic E-state index is -0.478. The van der Waals surface area contributed by atoms with Gasteiger partial charge in [0.25, 0.3) is 0 Å². The number of ether oxygens (including phenoxy) is 2. The predicted octanol–water partition coefficient (Wildman–Crippen LogP) is 6.02. The molecule has 0 fully saturated rings. The highest BCUT2D eigenvalue weighted by atomic mass is 35.5. The van der Waals surface area contributed by atoms with Gasteiger partial charge < -0.3 is 14.3 Å². The molecule has 1 aliphatic rings. The first-order valence-electron chi connectivity index (χ1n) is 9.38. The maximum Gasteiger partial charge on any atom is 0.367 e. The van der Waals surface area contributed by atoms with Crippen LogP contribution in [0.25, 0.3) is 6.08 Å². The third-order valence-corrected chi connectivity index (χ3v) is 4.98. The summed E-state index contributed by atoms with van der Waals surface area (Å²) in [6, 6.07) is 9.01. The molecule has 30 heavy (non-hydrogen) atoms. The van der Waals surface area contributed by atoms with Crippen LogP contribution >= 0.6 is 23.2 Å². The number of rotatable bonds is 8. The van der Waals surface area contributed by atoms with Crippen LogP contribution in [-0.2, 0) is 22.7 Å². The van der Waals surface area contributed by atoms with E-state index in [9.17, 15) is 4.79 Å². The summed E-state index contributed by atoms with van der Waals surface area (Å²) in [5, 5.41) is 4.80. The second kappa shape index (κ2) is 9.83. The highest BCUT2D eigenvalue weighted by molar-refractivity contribution is 6.35. The minimum absolute atomic E-state index is 0.249. The van der Waals surface area contributed by atoms with Crippen LogP contribution in [0.1, 0.15) is 30.5 Å². The normalized spacial score (nSPS) is 14.5. The van der Waals surface area contributed by atoms with Gasteiger partial charge in [-0.3, -0.25) is 0 Å². The molecule has 0 spiro atoms. The molecule has 0 N–H and O–H groups in total. The van der Waals surface area contributed by atoms with Crippen LogP contribution < -0.4 is 9.47 Å². The molecule has 5 nitrogen and oxygen atoms in total. The van der Waals surface area contributed by atoms with E-state index in [1.807, 2.05) is 25.1 Å². The largest absolute Gasteiger partial charge is 0.490 e. The van der Waals surface area contributed by atoms with Gasteiger partial charge in [-0.2, -0.15) is 0 Å². The minimum Gasteiger partial charge on any atom is -0.490 e. The quantitative estimate of drug-likeness (QED) is 0.283. The fourth-order valence-corrected chi connectivity index (χ4v) is 3.44. The van der Waals surface area contributed by atoms with Crippen LogP contribution in [0.15, 0.2) is 53.7 Å². The fourth-order valence-electron chi connectivity index (χ4n) is 2.98. The van der Waals surface area contributed by atoms with Crippen LogP contribution in [0, 0.1) is 0 Å². The molecule has 0 amide bonds. The first kappa shape index (κ1) is 21.9. The Morgan fingerprint density at radius 3 is 2.60 bits per heavy atom. The third kappa shape index (κ3) is 5.04. The summed E-state index contributed by atoms with van der Waals surface area (Å²) < 4.78 is 11.9. The molecule has 0 unspecified atom stereocenters. The lowest BCUT2D eigenvalue weighted by molar-refractivity contribution is -0.136. The van der Waals surface area contributed by atoms with E-state index in [0.29, 0.717) is 45.9 Å². The van der Waals surface area contributed by atoms with E-state index >= 15 is 0 Å². The first-order chi connectivity index (χ1) is 14.4. The molecular formula is C23H21Cl2NO4. The molecule has 0 saturated carbocycles. The van der Waals surface area contributed by atoms with Crippen molar-refractivity contribution in [1.82, 2.24) is 0 Å². The average Bonchev–Trinajstić information content (AvgIpc) is 3.01. The van der Waals surface area contributed by atoms with Gasteiger partial charge in [-0.25, -0.2) is 4.79 Å². The monoisotopic (exact) mass is 445 g/mol. The maximum atomic E-state index is 11.9. The number of nitrogens with zero attached hydrogens (tertiary/aromatic N) is 1. The Morgan fingerprint density at radius 2 is 1.97 bits per heavy atom. The molecule has 0 aromatic heterocycles. The maximum absolute atomic E-state index is 11.9. The van der Waals surface area contributed by atoms with Crippen molar-refractivity contribution in [1.29, 1.82) is 0 Å². The molecule has 2 aromatic carbocycles. The van der Waals surface area contributed by atoms with E-state index < -0.39 is 5.97 Å². The molecular weight excluding hydrogens is 425 g/mol. The molecule has 7 heteroatoms. The number of oxime groups is 1. The van der Waals surface area contributed by atoms with Crippen molar-refractivity contribution in [2.75, 3.05) is 6.61 Å². The second-order valence-corrected chi connectivity index (χ2v) is 7.41. The van der Waals surface area contributed by atoms with E-state index in [-0.39, 0.29) is 6.61 Å². The second-order valence-electron chi connectivity index (χ2n) is 6.57. The van der Waals surface area contributed by atoms with E-state index in [1.165, 1.54) is 0 Å². The third-order valence-electron chi connectivity index (χ3n) is 4.39. The van der Waals surface area contributed by atoms with E-state index in [4.69, 9.17) is 37.5 Å². The molecule has 1 aliphatic heterocycles. The number of hydrogen-bond donors (Lipinski definition) is 0. The molecule has 0 saturated heterocycles. The SMILES string of the molecule is C=CCc1cc(/C=C2\C(=O)ON=C2C)cc(OCC)c1OCc1ccc(Cl)cc1Cl. The summed E-state index contributed by atoms with van der Waals surface area (Å²) in [6.45, 7) is 8.14. The smallest absolute Gasteiger partial charge is 0.367 e. The molecule has 2 aromatic rings. The molecule has 0 atom stereocenters. The summed E-state index contributed by atoms with van der Waals surface area (Å²) in [7, 11) is 0. The van der Waals surface area contributed by atoms with Gasteiger partial charge >= 0.3 is 5.97 Å². The van der Waals surface area contributed by atoms with Crippen molar-refractivity contribution >= 4 is 41.0 Å². The van der Waals surface area contributed by atoms with Crippen LogP contribution in [0.3, 0.4) is 0 Å². The number of carbonyl (C=O) groups excluding carboxylic acids is 1. The highest BCUT2D eigenvalue weighted by Gasteiger charge is 2.22. The zero-order valence-corrected chi connectivity index (χ0v) is 18.2. The van der Waals surface area contributed by atoms with Crippen LogP contribution in [-0.4, -0.2) is 18.3 Å². The Balaban J connectivity index is 1.98. The van der Waals surface area contributed by atoms with Crippen LogP contribution in [0.5, 0.6) is 11.5 Å². The zero-order chi connectivity index (χ0) is 21.7. The van der Waals surface area contributed by atoms with Gasteiger partial charge in [-0.15, -0.1) is 6.58 Å². The molecule has 0 aliphatic carbocycles. The molecule has 156 valence electrons. The number of carbonyl (C=O) groups is 1. The Kier molecular flexibility index (Phi) is 7.19. The lowest BCUT2D eigenvalue weighted by Crippen LogP contribution is -2.05. The lowest BCUT2D eigenvalue weighted by Gasteiger charge is -2.17.